The largest absolute Gasteiger partial charge is 0.507 e. The Hall–Kier alpha value is -3.23. The zero-order chi connectivity index (χ0) is 19.1. The van der Waals surface area contributed by atoms with Gasteiger partial charge in [0, 0.05) is 17.7 Å². The number of carbonyl (C=O) groups excluding carboxylic acids is 2. The fourth-order valence-electron chi connectivity index (χ4n) is 5.13. The summed E-state index contributed by atoms with van der Waals surface area (Å²) in [5.41, 5.74) is -0.591. The maximum Gasteiger partial charge on any atom is 0.311 e. The maximum absolute atomic E-state index is 12.8. The van der Waals surface area contributed by atoms with Crippen molar-refractivity contribution in [1.82, 2.24) is 5.01 Å². The van der Waals surface area contributed by atoms with E-state index in [1.165, 1.54) is 0 Å². The Morgan fingerprint density at radius 1 is 1.11 bits per heavy atom. The minimum absolute atomic E-state index is 0.0723. The predicted octanol–water partition coefficient (Wildman–Crippen LogP) is 1.54. The molecule has 2 N–H and O–H groups in total. The van der Waals surface area contributed by atoms with Crippen molar-refractivity contribution in [2.45, 2.75) is 12.8 Å². The molecule has 9 heteroatoms. The Kier molecular flexibility index (Phi) is 2.92. The molecular weight excluding hydrogens is 354 g/mol. The maximum atomic E-state index is 12.8. The molecule has 1 saturated heterocycles. The summed E-state index contributed by atoms with van der Waals surface area (Å²) in [6.07, 6.45) is 7.20. The lowest BCUT2D eigenvalue weighted by Gasteiger charge is -2.18. The summed E-state index contributed by atoms with van der Waals surface area (Å²) in [5, 5.41) is 35.0. The third-order valence-electron chi connectivity index (χ3n) is 6.46. The van der Waals surface area contributed by atoms with Crippen LogP contribution in [0.3, 0.4) is 0 Å². The van der Waals surface area contributed by atoms with Crippen molar-refractivity contribution in [2.75, 3.05) is 0 Å². The number of phenolic OH excluding ortho intramolecular Hbond substituents is 2. The number of nitrogens with zero attached hydrogens (tertiary/aromatic N) is 3. The third kappa shape index (κ3) is 1.91. The lowest BCUT2D eigenvalue weighted by molar-refractivity contribution is -0.385. The molecule has 2 saturated carbocycles. The summed E-state index contributed by atoms with van der Waals surface area (Å²) < 4.78 is 0. The Labute approximate surface area is 152 Å². The van der Waals surface area contributed by atoms with Gasteiger partial charge in [-0.05, 0) is 30.1 Å². The zero-order valence-electron chi connectivity index (χ0n) is 14.0. The number of hydrogen-bond donors (Lipinski definition) is 2. The molecule has 3 fully saturated rings. The molecule has 5 rings (SSSR count). The normalized spacial score (nSPS) is 32.1. The van der Waals surface area contributed by atoms with Gasteiger partial charge in [-0.25, -0.2) is 0 Å². The second-order valence-corrected chi connectivity index (χ2v) is 7.61. The average Bonchev–Trinajstić information content (AvgIpc) is 3.21. The first-order valence-corrected chi connectivity index (χ1v) is 8.65. The zero-order valence-corrected chi connectivity index (χ0v) is 14.0. The van der Waals surface area contributed by atoms with E-state index in [9.17, 15) is 29.9 Å². The summed E-state index contributed by atoms with van der Waals surface area (Å²) in [6, 6.07) is 1.76. The van der Waals surface area contributed by atoms with Crippen LogP contribution in [0.1, 0.15) is 18.4 Å². The average molecular weight is 369 g/mol. The van der Waals surface area contributed by atoms with Gasteiger partial charge in [-0.1, -0.05) is 12.2 Å². The number of rotatable bonds is 3. The number of imide groups is 1. The van der Waals surface area contributed by atoms with E-state index in [-0.39, 0.29) is 34.6 Å². The van der Waals surface area contributed by atoms with Crippen molar-refractivity contribution in [1.29, 1.82) is 0 Å². The Balaban J connectivity index is 1.45. The highest BCUT2D eigenvalue weighted by Gasteiger charge is 2.73. The molecule has 0 unspecified atom stereocenters. The van der Waals surface area contributed by atoms with Crippen molar-refractivity contribution in [2.24, 2.45) is 34.2 Å². The second kappa shape index (κ2) is 4.93. The number of hydrogen-bond acceptors (Lipinski definition) is 7. The number of fused-ring (bicyclic) bond motifs is 3. The van der Waals surface area contributed by atoms with Crippen molar-refractivity contribution in [3.63, 3.8) is 0 Å². The molecule has 9 nitrogen and oxygen atoms in total. The summed E-state index contributed by atoms with van der Waals surface area (Å²) in [7, 11) is 0. The molecular formula is C18H15N3O6. The van der Waals surface area contributed by atoms with Crippen LogP contribution in [0, 0.1) is 39.2 Å². The van der Waals surface area contributed by atoms with Gasteiger partial charge >= 0.3 is 5.69 Å². The smallest absolute Gasteiger partial charge is 0.311 e. The third-order valence-corrected chi connectivity index (χ3v) is 6.46. The Morgan fingerprint density at radius 3 is 2.22 bits per heavy atom. The van der Waals surface area contributed by atoms with Gasteiger partial charge in [0.2, 0.25) is 0 Å². The van der Waals surface area contributed by atoms with Gasteiger partial charge in [-0.3, -0.25) is 19.7 Å². The lowest BCUT2D eigenvalue weighted by Crippen LogP contribution is -2.30. The van der Waals surface area contributed by atoms with E-state index in [0.717, 1.165) is 36.2 Å². The number of allylic oxidation sites excluding steroid dienone is 2. The van der Waals surface area contributed by atoms with Crippen molar-refractivity contribution in [3.05, 3.63) is 40.0 Å². The summed E-state index contributed by atoms with van der Waals surface area (Å²) in [4.78, 5) is 35.7. The molecule has 4 aliphatic rings. The van der Waals surface area contributed by atoms with Crippen LogP contribution < -0.4 is 0 Å². The molecule has 0 aromatic heterocycles. The number of phenols is 2. The number of nitro groups is 1. The van der Waals surface area contributed by atoms with E-state index in [0.29, 0.717) is 0 Å². The molecule has 1 aromatic carbocycles. The number of aromatic hydroxyl groups is 2. The van der Waals surface area contributed by atoms with Crippen LogP contribution in [0.5, 0.6) is 11.5 Å². The molecule has 1 aliphatic heterocycles. The minimum atomic E-state index is -0.804. The van der Waals surface area contributed by atoms with E-state index in [2.05, 4.69) is 5.10 Å². The van der Waals surface area contributed by atoms with Gasteiger partial charge in [0.15, 0.2) is 5.75 Å². The van der Waals surface area contributed by atoms with Gasteiger partial charge in [0.1, 0.15) is 5.75 Å². The van der Waals surface area contributed by atoms with Crippen molar-refractivity contribution < 1.29 is 24.7 Å². The highest BCUT2D eigenvalue weighted by Crippen LogP contribution is 2.73. The van der Waals surface area contributed by atoms with Crippen LogP contribution in [0.2, 0.25) is 0 Å². The monoisotopic (exact) mass is 369 g/mol. The molecule has 1 spiro atoms. The summed E-state index contributed by atoms with van der Waals surface area (Å²) in [5.74, 6) is -2.49. The number of hydrazone groups is 1. The van der Waals surface area contributed by atoms with Crippen LogP contribution in [-0.2, 0) is 9.59 Å². The molecule has 0 radical (unpaired) electrons. The van der Waals surface area contributed by atoms with Gasteiger partial charge in [0.25, 0.3) is 11.8 Å². The van der Waals surface area contributed by atoms with E-state index in [1.807, 2.05) is 12.2 Å². The highest BCUT2D eigenvalue weighted by atomic mass is 16.6. The number of nitro benzene ring substituents is 1. The molecule has 138 valence electrons. The van der Waals surface area contributed by atoms with Crippen LogP contribution in [0.15, 0.2) is 29.4 Å². The lowest BCUT2D eigenvalue weighted by atomic mass is 9.85. The molecule has 1 aromatic rings. The molecule has 27 heavy (non-hydrogen) atoms. The van der Waals surface area contributed by atoms with Crippen molar-refractivity contribution >= 4 is 23.7 Å². The fourth-order valence-corrected chi connectivity index (χ4v) is 5.13. The summed E-state index contributed by atoms with van der Waals surface area (Å²) in [6.45, 7) is 0. The first kappa shape index (κ1) is 16.0. The van der Waals surface area contributed by atoms with Gasteiger partial charge < -0.3 is 10.2 Å². The standard InChI is InChI=1S/C18H15N3O6/c22-12-6-13(23)11(21(26)27)5-8(12)7-19-20-16(24)14-9-1-2-10(15(14)17(20)25)18(9)3-4-18/h1-2,5-7,9-10,14-15,22-23H,3-4H2/b19-7-/t9-,10-,14+,15+/m1/s1. The first-order chi connectivity index (χ1) is 12.8. The SMILES string of the molecule is O=C1[C@@H]2[C@@H](C(=O)N1/N=C\c1cc([N+](=O)[O-])c(O)cc1O)[C@H]1C=C[C@H]2C12CC2. The quantitative estimate of drug-likeness (QED) is 0.273. The van der Waals surface area contributed by atoms with E-state index < -0.39 is 33.9 Å². The van der Waals surface area contributed by atoms with Gasteiger partial charge in [-0.2, -0.15) is 10.1 Å². The second-order valence-electron chi connectivity index (χ2n) is 7.61. The first-order valence-electron chi connectivity index (χ1n) is 8.65. The predicted molar refractivity (Wildman–Crippen MR) is 90.6 cm³/mol. The number of benzene rings is 1. The summed E-state index contributed by atoms with van der Waals surface area (Å²) >= 11 is 0. The van der Waals surface area contributed by atoms with E-state index >= 15 is 0 Å². The van der Waals surface area contributed by atoms with E-state index in [1.54, 1.807) is 0 Å². The van der Waals surface area contributed by atoms with Crippen LogP contribution >= 0.6 is 0 Å². The number of amides is 2. The van der Waals surface area contributed by atoms with E-state index in [4.69, 9.17) is 0 Å². The molecule has 1 heterocycles. The molecule has 2 amide bonds. The van der Waals surface area contributed by atoms with Crippen LogP contribution in [-0.4, -0.2) is 38.2 Å². The van der Waals surface area contributed by atoms with Gasteiger partial charge in [-0.15, -0.1) is 0 Å². The fraction of sp³-hybridized carbons (Fsp3) is 0.389. The molecule has 2 bridgehead atoms. The Morgan fingerprint density at radius 2 is 1.70 bits per heavy atom. The molecule has 3 aliphatic carbocycles. The highest BCUT2D eigenvalue weighted by molar-refractivity contribution is 6.07. The Bertz CT molecular complexity index is 946. The van der Waals surface area contributed by atoms with Gasteiger partial charge in [0.05, 0.1) is 23.0 Å². The van der Waals surface area contributed by atoms with Crippen molar-refractivity contribution in [3.8, 4) is 11.5 Å². The van der Waals surface area contributed by atoms with Crippen LogP contribution in [0.25, 0.3) is 0 Å². The molecule has 4 atom stereocenters. The topological polar surface area (TPSA) is 133 Å². The van der Waals surface area contributed by atoms with Crippen LogP contribution in [0.4, 0.5) is 5.69 Å². The minimum Gasteiger partial charge on any atom is -0.507 e. The number of carbonyl (C=O) groups is 2.